The Kier molecular flexibility index (Phi) is 5.17. The molecule has 158 valence electrons. The highest BCUT2D eigenvalue weighted by atomic mass is 19.5. The first-order valence-electron chi connectivity index (χ1n) is 9.76. The lowest BCUT2D eigenvalue weighted by molar-refractivity contribution is -0.739. The maximum absolute atomic E-state index is 9.75. The molecular formula is C21H22BF4N3O. The molecule has 0 spiro atoms. The predicted molar refractivity (Wildman–Crippen MR) is 105 cm³/mol. The number of halogens is 4. The van der Waals surface area contributed by atoms with Crippen molar-refractivity contribution in [2.45, 2.75) is 45.9 Å². The lowest BCUT2D eigenvalue weighted by Crippen LogP contribution is -2.51. The molecule has 0 unspecified atom stereocenters. The first-order valence-corrected chi connectivity index (χ1v) is 9.76. The van der Waals surface area contributed by atoms with Crippen LogP contribution in [0.4, 0.5) is 17.3 Å². The van der Waals surface area contributed by atoms with Crippen LogP contribution in [0.3, 0.4) is 0 Å². The molecule has 1 aromatic heterocycles. The van der Waals surface area contributed by atoms with Crippen LogP contribution in [0.2, 0.25) is 0 Å². The van der Waals surface area contributed by atoms with Gasteiger partial charge in [-0.15, -0.1) is 0 Å². The van der Waals surface area contributed by atoms with E-state index >= 15 is 0 Å². The molecule has 0 radical (unpaired) electrons. The first-order chi connectivity index (χ1) is 14.1. The molecule has 30 heavy (non-hydrogen) atoms. The average Bonchev–Trinajstić information content (AvgIpc) is 3.19. The molecule has 2 atom stereocenters. The van der Waals surface area contributed by atoms with Crippen molar-refractivity contribution in [3.05, 3.63) is 76.4 Å². The highest BCUT2D eigenvalue weighted by Gasteiger charge is 2.43. The standard InChI is InChI=1S/C21H22N3O.BF4/c1-13-8-14(2)20(15(3)9-13)24-12-23-19(22-24)11-25-18-10-16-6-4-5-7-17(16)21(18)23;2-1(3,4)5/h4-9,12,18,21H,10-11H2,1-3H3;/q+1;-1/t18-,21+;/m0./s1. The van der Waals surface area contributed by atoms with Crippen LogP contribution >= 0.6 is 0 Å². The van der Waals surface area contributed by atoms with Crippen molar-refractivity contribution >= 4 is 7.25 Å². The smallest absolute Gasteiger partial charge is 0.418 e. The second-order valence-corrected chi connectivity index (χ2v) is 7.82. The van der Waals surface area contributed by atoms with Crippen molar-refractivity contribution < 1.29 is 26.6 Å². The molecule has 2 aliphatic rings. The van der Waals surface area contributed by atoms with Gasteiger partial charge in [-0.05, 0) is 43.0 Å². The number of hydrogen-bond acceptors (Lipinski definition) is 2. The van der Waals surface area contributed by atoms with E-state index in [2.05, 4.69) is 68.1 Å². The molecule has 0 saturated carbocycles. The van der Waals surface area contributed by atoms with Gasteiger partial charge >= 0.3 is 13.1 Å². The lowest BCUT2D eigenvalue weighted by atomic mass is 10.1. The number of nitrogens with zero attached hydrogens (tertiary/aromatic N) is 3. The Labute approximate surface area is 172 Å². The Morgan fingerprint density at radius 3 is 2.37 bits per heavy atom. The highest BCUT2D eigenvalue weighted by molar-refractivity contribution is 6.50. The quantitative estimate of drug-likeness (QED) is 0.332. The van der Waals surface area contributed by atoms with Gasteiger partial charge in [-0.3, -0.25) is 0 Å². The molecule has 5 rings (SSSR count). The summed E-state index contributed by atoms with van der Waals surface area (Å²) >= 11 is 0. The molecule has 2 heterocycles. The SMILES string of the molecule is Cc1cc(C)c(-n2c[n+]3c(n2)CO[C@H]2Cc4ccccc4[C@H]23)c(C)c1.F[B-](F)(F)F. The maximum Gasteiger partial charge on any atom is 0.673 e. The summed E-state index contributed by atoms with van der Waals surface area (Å²) in [6.07, 6.45) is 3.36. The van der Waals surface area contributed by atoms with Crippen LogP contribution in [0.15, 0.2) is 42.7 Å². The van der Waals surface area contributed by atoms with Gasteiger partial charge < -0.3 is 22.0 Å². The minimum atomic E-state index is -6.00. The summed E-state index contributed by atoms with van der Waals surface area (Å²) in [5.74, 6) is 0.998. The summed E-state index contributed by atoms with van der Waals surface area (Å²) in [6.45, 7) is 7.03. The van der Waals surface area contributed by atoms with Gasteiger partial charge in [0.05, 0.1) is 0 Å². The van der Waals surface area contributed by atoms with Crippen molar-refractivity contribution in [2.75, 3.05) is 0 Å². The largest absolute Gasteiger partial charge is 0.673 e. The van der Waals surface area contributed by atoms with E-state index in [0.717, 1.165) is 12.2 Å². The second kappa shape index (κ2) is 7.54. The van der Waals surface area contributed by atoms with E-state index < -0.39 is 7.25 Å². The Hall–Kier alpha value is -2.68. The minimum absolute atomic E-state index is 0.216. The van der Waals surface area contributed by atoms with Crippen LogP contribution < -0.4 is 4.57 Å². The van der Waals surface area contributed by atoms with Gasteiger partial charge in [0.2, 0.25) is 6.33 Å². The van der Waals surface area contributed by atoms with E-state index in [4.69, 9.17) is 9.84 Å². The Morgan fingerprint density at radius 2 is 1.70 bits per heavy atom. The van der Waals surface area contributed by atoms with E-state index in [9.17, 15) is 17.3 Å². The molecule has 1 aliphatic heterocycles. The predicted octanol–water partition coefficient (Wildman–Crippen LogP) is 4.43. The van der Waals surface area contributed by atoms with E-state index in [0.29, 0.717) is 6.61 Å². The van der Waals surface area contributed by atoms with Crippen molar-refractivity contribution in [1.82, 2.24) is 9.78 Å². The summed E-state index contributed by atoms with van der Waals surface area (Å²) in [4.78, 5) is 0. The zero-order valence-corrected chi connectivity index (χ0v) is 16.9. The third-order valence-electron chi connectivity index (χ3n) is 5.49. The second-order valence-electron chi connectivity index (χ2n) is 7.82. The van der Waals surface area contributed by atoms with Gasteiger partial charge in [-0.25, -0.2) is 4.57 Å². The Balaban J connectivity index is 0.000000393. The van der Waals surface area contributed by atoms with Crippen LogP contribution in [0.5, 0.6) is 0 Å². The molecule has 4 nitrogen and oxygen atoms in total. The summed E-state index contributed by atoms with van der Waals surface area (Å²) < 4.78 is 49.5. The summed E-state index contributed by atoms with van der Waals surface area (Å²) in [5.41, 5.74) is 7.74. The van der Waals surface area contributed by atoms with Gasteiger partial charge in [0.15, 0.2) is 0 Å². The van der Waals surface area contributed by atoms with E-state index in [1.807, 2.05) is 4.68 Å². The van der Waals surface area contributed by atoms with E-state index in [1.165, 1.54) is 33.5 Å². The van der Waals surface area contributed by atoms with Crippen molar-refractivity contribution in [3.63, 3.8) is 0 Å². The number of aromatic nitrogens is 3. The summed E-state index contributed by atoms with van der Waals surface area (Å²) in [6, 6.07) is 13.4. The molecular weight excluding hydrogens is 397 g/mol. The minimum Gasteiger partial charge on any atom is -0.418 e. The van der Waals surface area contributed by atoms with Gasteiger partial charge in [0.25, 0.3) is 0 Å². The monoisotopic (exact) mass is 419 g/mol. The van der Waals surface area contributed by atoms with Gasteiger partial charge in [-0.1, -0.05) is 46.6 Å². The van der Waals surface area contributed by atoms with Crippen LogP contribution in [0, 0.1) is 20.8 Å². The Bertz CT molecular complexity index is 1070. The highest BCUT2D eigenvalue weighted by Crippen LogP contribution is 2.35. The van der Waals surface area contributed by atoms with Gasteiger partial charge in [-0.2, -0.15) is 0 Å². The molecule has 2 aromatic carbocycles. The van der Waals surface area contributed by atoms with Crippen LogP contribution in [-0.2, 0) is 17.8 Å². The molecule has 0 saturated heterocycles. The fourth-order valence-electron chi connectivity index (χ4n) is 4.56. The molecule has 0 N–H and O–H groups in total. The molecule has 9 heteroatoms. The number of fused-ring (bicyclic) bond motifs is 5. The van der Waals surface area contributed by atoms with E-state index in [1.54, 1.807) is 0 Å². The van der Waals surface area contributed by atoms with Crippen molar-refractivity contribution in [1.29, 1.82) is 0 Å². The number of benzene rings is 2. The van der Waals surface area contributed by atoms with Crippen molar-refractivity contribution in [3.8, 4) is 5.69 Å². The fraction of sp³-hybridized carbons (Fsp3) is 0.333. The average molecular weight is 419 g/mol. The number of rotatable bonds is 1. The molecule has 0 bridgehead atoms. The van der Waals surface area contributed by atoms with Crippen molar-refractivity contribution in [2.24, 2.45) is 0 Å². The maximum atomic E-state index is 9.75. The summed E-state index contributed by atoms with van der Waals surface area (Å²) in [5, 5.41) is 4.86. The normalized spacial score (nSPS) is 19.4. The topological polar surface area (TPSA) is 30.9 Å². The zero-order chi connectivity index (χ0) is 21.6. The number of hydrogen-bond donors (Lipinski definition) is 0. The summed E-state index contributed by atoms with van der Waals surface area (Å²) in [7, 11) is -6.00. The Morgan fingerprint density at radius 1 is 1.07 bits per heavy atom. The van der Waals surface area contributed by atoms with Crippen LogP contribution in [0.1, 0.15) is 39.7 Å². The van der Waals surface area contributed by atoms with E-state index in [-0.39, 0.29) is 12.1 Å². The van der Waals surface area contributed by atoms with Crippen LogP contribution in [-0.4, -0.2) is 23.1 Å². The molecule has 1 aliphatic carbocycles. The number of ether oxygens (including phenoxy) is 1. The number of aryl methyl sites for hydroxylation is 3. The fourth-order valence-corrected chi connectivity index (χ4v) is 4.56. The third-order valence-corrected chi connectivity index (χ3v) is 5.49. The molecule has 3 aromatic rings. The van der Waals surface area contributed by atoms with Gasteiger partial charge in [0.1, 0.15) is 24.4 Å². The zero-order valence-electron chi connectivity index (χ0n) is 16.9. The lowest BCUT2D eigenvalue weighted by Gasteiger charge is -2.23. The third kappa shape index (κ3) is 3.98. The van der Waals surface area contributed by atoms with Crippen LogP contribution in [0.25, 0.3) is 5.69 Å². The molecule has 0 amide bonds. The molecule has 0 fully saturated rings. The first kappa shape index (κ1) is 20.6. The van der Waals surface area contributed by atoms with Gasteiger partial charge in [0, 0.05) is 11.5 Å².